The Morgan fingerprint density at radius 3 is 2.72 bits per heavy atom. The van der Waals surface area contributed by atoms with Crippen molar-refractivity contribution in [1.82, 2.24) is 0 Å². The van der Waals surface area contributed by atoms with E-state index in [0.29, 0.717) is 5.69 Å². The molecule has 98 valence electrons. The summed E-state index contributed by atoms with van der Waals surface area (Å²) in [4.78, 5) is 13.2. The van der Waals surface area contributed by atoms with E-state index >= 15 is 0 Å². The van der Waals surface area contributed by atoms with Gasteiger partial charge in [0, 0.05) is 24.8 Å². The number of nitrogens with zero attached hydrogens (tertiary/aromatic N) is 1. The molecule has 0 radical (unpaired) electrons. The Morgan fingerprint density at radius 2 is 2.11 bits per heavy atom. The Labute approximate surface area is 107 Å². The number of sulfonamides is 1. The van der Waals surface area contributed by atoms with Crippen LogP contribution in [0.25, 0.3) is 0 Å². The highest BCUT2D eigenvalue weighted by atomic mass is 32.2. The summed E-state index contributed by atoms with van der Waals surface area (Å²) in [6.07, 6.45) is 2.88. The van der Waals surface area contributed by atoms with Gasteiger partial charge in [0.1, 0.15) is 0 Å². The minimum atomic E-state index is -3.26. The highest BCUT2D eigenvalue weighted by Gasteiger charge is 2.20. The van der Waals surface area contributed by atoms with Crippen molar-refractivity contribution in [3.05, 3.63) is 23.8 Å². The van der Waals surface area contributed by atoms with Gasteiger partial charge in [0.2, 0.25) is 15.9 Å². The molecule has 1 aromatic carbocycles. The van der Waals surface area contributed by atoms with E-state index in [1.165, 1.54) is 6.92 Å². The molecule has 1 amide bonds. The summed E-state index contributed by atoms with van der Waals surface area (Å²) in [6, 6.07) is 5.27. The van der Waals surface area contributed by atoms with Gasteiger partial charge in [-0.1, -0.05) is 0 Å². The molecule has 1 aliphatic rings. The first-order chi connectivity index (χ1) is 8.37. The number of amides is 1. The van der Waals surface area contributed by atoms with E-state index in [9.17, 15) is 13.2 Å². The SMILES string of the molecule is CC(=O)N1CCCc2cc(NS(C)(=O)=O)ccc21. The largest absolute Gasteiger partial charge is 0.312 e. The number of benzene rings is 1. The lowest BCUT2D eigenvalue weighted by Crippen LogP contribution is -2.33. The molecule has 5 nitrogen and oxygen atoms in total. The van der Waals surface area contributed by atoms with Crippen molar-refractivity contribution in [3.63, 3.8) is 0 Å². The van der Waals surface area contributed by atoms with Gasteiger partial charge in [0.15, 0.2) is 0 Å². The van der Waals surface area contributed by atoms with Gasteiger partial charge >= 0.3 is 0 Å². The van der Waals surface area contributed by atoms with E-state index in [0.717, 1.165) is 36.9 Å². The van der Waals surface area contributed by atoms with Gasteiger partial charge in [-0.05, 0) is 36.6 Å². The number of hydrogen-bond acceptors (Lipinski definition) is 3. The molecule has 0 spiro atoms. The van der Waals surface area contributed by atoms with E-state index < -0.39 is 10.0 Å². The average molecular weight is 268 g/mol. The number of carbonyl (C=O) groups excluding carboxylic acids is 1. The fourth-order valence-corrected chi connectivity index (χ4v) is 2.76. The van der Waals surface area contributed by atoms with Gasteiger partial charge in [0.25, 0.3) is 0 Å². The molecule has 0 saturated carbocycles. The third-order valence-corrected chi connectivity index (χ3v) is 3.49. The smallest absolute Gasteiger partial charge is 0.229 e. The summed E-state index contributed by atoms with van der Waals surface area (Å²) in [5, 5.41) is 0. The molecule has 6 heteroatoms. The highest BCUT2D eigenvalue weighted by molar-refractivity contribution is 7.92. The van der Waals surface area contributed by atoms with Crippen LogP contribution in [0.4, 0.5) is 11.4 Å². The Balaban J connectivity index is 2.35. The maximum atomic E-state index is 11.5. The molecule has 1 aromatic rings. The summed E-state index contributed by atoms with van der Waals surface area (Å²) in [7, 11) is -3.26. The van der Waals surface area contributed by atoms with Gasteiger partial charge in [0.05, 0.1) is 6.26 Å². The van der Waals surface area contributed by atoms with Gasteiger partial charge in [-0.2, -0.15) is 0 Å². The van der Waals surface area contributed by atoms with E-state index in [4.69, 9.17) is 0 Å². The quantitative estimate of drug-likeness (QED) is 0.880. The molecule has 0 unspecified atom stereocenters. The zero-order valence-electron chi connectivity index (χ0n) is 10.4. The molecule has 0 aromatic heterocycles. The number of rotatable bonds is 2. The molecule has 0 aliphatic carbocycles. The Bertz CT molecular complexity index is 581. The lowest BCUT2D eigenvalue weighted by atomic mass is 10.0. The first kappa shape index (κ1) is 12.9. The Kier molecular flexibility index (Phi) is 3.30. The van der Waals surface area contributed by atoms with Crippen molar-refractivity contribution in [3.8, 4) is 0 Å². The number of aryl methyl sites for hydroxylation is 1. The van der Waals surface area contributed by atoms with Crippen LogP contribution >= 0.6 is 0 Å². The molecular weight excluding hydrogens is 252 g/mol. The molecule has 1 heterocycles. The summed E-state index contributed by atoms with van der Waals surface area (Å²) >= 11 is 0. The van der Waals surface area contributed by atoms with E-state index in [1.807, 2.05) is 0 Å². The van der Waals surface area contributed by atoms with Crippen LogP contribution in [0.2, 0.25) is 0 Å². The fraction of sp³-hybridized carbons (Fsp3) is 0.417. The van der Waals surface area contributed by atoms with E-state index in [1.54, 1.807) is 23.1 Å². The first-order valence-corrected chi connectivity index (χ1v) is 7.65. The molecule has 18 heavy (non-hydrogen) atoms. The molecular formula is C12H16N2O3S. The number of fused-ring (bicyclic) bond motifs is 1. The van der Waals surface area contributed by atoms with Crippen LogP contribution in [0.5, 0.6) is 0 Å². The van der Waals surface area contributed by atoms with Crippen LogP contribution < -0.4 is 9.62 Å². The monoisotopic (exact) mass is 268 g/mol. The highest BCUT2D eigenvalue weighted by Crippen LogP contribution is 2.29. The van der Waals surface area contributed by atoms with Crippen molar-refractivity contribution in [1.29, 1.82) is 0 Å². The van der Waals surface area contributed by atoms with Gasteiger partial charge in [-0.15, -0.1) is 0 Å². The van der Waals surface area contributed by atoms with Crippen molar-refractivity contribution in [2.75, 3.05) is 22.4 Å². The maximum Gasteiger partial charge on any atom is 0.229 e. The molecule has 2 rings (SSSR count). The van der Waals surface area contributed by atoms with Gasteiger partial charge < -0.3 is 4.90 Å². The second-order valence-corrected chi connectivity index (χ2v) is 6.24. The Hall–Kier alpha value is -1.56. The van der Waals surface area contributed by atoms with Crippen molar-refractivity contribution in [2.24, 2.45) is 0 Å². The molecule has 1 N–H and O–H groups in total. The van der Waals surface area contributed by atoms with E-state index in [2.05, 4.69) is 4.72 Å². The van der Waals surface area contributed by atoms with Gasteiger partial charge in [-0.25, -0.2) is 8.42 Å². The number of anilines is 2. The zero-order chi connectivity index (χ0) is 13.3. The maximum absolute atomic E-state index is 11.5. The second-order valence-electron chi connectivity index (χ2n) is 4.49. The third kappa shape index (κ3) is 2.81. The summed E-state index contributed by atoms with van der Waals surface area (Å²) in [5.74, 6) is 0.0137. The van der Waals surface area contributed by atoms with Crippen molar-refractivity contribution in [2.45, 2.75) is 19.8 Å². The standard InChI is InChI=1S/C12H16N2O3S/c1-9(15)14-7-3-4-10-8-11(5-6-12(10)14)13-18(2,16)17/h5-6,8,13H,3-4,7H2,1-2H3. The predicted molar refractivity (Wildman–Crippen MR) is 71.3 cm³/mol. The molecule has 0 bridgehead atoms. The summed E-state index contributed by atoms with van der Waals surface area (Å²) in [6.45, 7) is 2.26. The van der Waals surface area contributed by atoms with Crippen LogP contribution in [-0.4, -0.2) is 27.1 Å². The predicted octanol–water partition coefficient (Wildman–Crippen LogP) is 1.36. The van der Waals surface area contributed by atoms with E-state index in [-0.39, 0.29) is 5.91 Å². The molecule has 1 aliphatic heterocycles. The lowest BCUT2D eigenvalue weighted by molar-refractivity contribution is -0.116. The number of hydrogen-bond donors (Lipinski definition) is 1. The second kappa shape index (κ2) is 4.61. The van der Waals surface area contributed by atoms with Crippen molar-refractivity contribution < 1.29 is 13.2 Å². The van der Waals surface area contributed by atoms with Gasteiger partial charge in [-0.3, -0.25) is 9.52 Å². The van der Waals surface area contributed by atoms with Crippen LogP contribution in [0.1, 0.15) is 18.9 Å². The van der Waals surface area contributed by atoms with Crippen molar-refractivity contribution >= 4 is 27.3 Å². The first-order valence-electron chi connectivity index (χ1n) is 5.75. The summed E-state index contributed by atoms with van der Waals surface area (Å²) < 4.78 is 24.8. The molecule has 0 atom stereocenters. The van der Waals surface area contributed by atoms with Crippen LogP contribution in [-0.2, 0) is 21.2 Å². The molecule has 0 saturated heterocycles. The fourth-order valence-electron chi connectivity index (χ4n) is 2.20. The third-order valence-electron chi connectivity index (χ3n) is 2.88. The topological polar surface area (TPSA) is 66.5 Å². The van der Waals surface area contributed by atoms with Crippen LogP contribution in [0.3, 0.4) is 0 Å². The Morgan fingerprint density at radius 1 is 1.39 bits per heavy atom. The number of carbonyl (C=O) groups is 1. The lowest BCUT2D eigenvalue weighted by Gasteiger charge is -2.28. The number of nitrogens with one attached hydrogen (secondary N) is 1. The minimum Gasteiger partial charge on any atom is -0.312 e. The minimum absolute atomic E-state index is 0.0137. The normalized spacial score (nSPS) is 15.1. The summed E-state index contributed by atoms with van der Waals surface area (Å²) in [5.41, 5.74) is 2.43. The zero-order valence-corrected chi connectivity index (χ0v) is 11.3. The molecule has 0 fully saturated rings. The van der Waals surface area contributed by atoms with Crippen LogP contribution in [0, 0.1) is 0 Å². The average Bonchev–Trinajstić information content (AvgIpc) is 2.25. The van der Waals surface area contributed by atoms with Crippen LogP contribution in [0.15, 0.2) is 18.2 Å².